The van der Waals surface area contributed by atoms with Gasteiger partial charge in [-0.25, -0.2) is 5.43 Å². The van der Waals surface area contributed by atoms with Crippen LogP contribution in [0.25, 0.3) is 10.9 Å². The number of hydrogen-bond acceptors (Lipinski definition) is 6. The normalized spacial score (nSPS) is 10.7. The molecule has 2 aromatic carbocycles. The number of ether oxygens (including phenoxy) is 3. The van der Waals surface area contributed by atoms with Crippen molar-refractivity contribution in [1.29, 1.82) is 0 Å². The van der Waals surface area contributed by atoms with Gasteiger partial charge in [0.15, 0.2) is 18.1 Å². The number of para-hydroxylation sites is 1. The van der Waals surface area contributed by atoms with Crippen LogP contribution >= 0.6 is 0 Å². The van der Waals surface area contributed by atoms with E-state index in [-0.39, 0.29) is 12.5 Å². The predicted molar refractivity (Wildman–Crippen MR) is 112 cm³/mol. The van der Waals surface area contributed by atoms with E-state index >= 15 is 0 Å². The average Bonchev–Trinajstić information content (AvgIpc) is 2.76. The van der Waals surface area contributed by atoms with Gasteiger partial charge in [0.05, 0.1) is 13.3 Å². The molecule has 7 heteroatoms. The molecule has 3 rings (SSSR count). The third kappa shape index (κ3) is 5.32. The van der Waals surface area contributed by atoms with E-state index in [1.54, 1.807) is 43.6 Å². The fourth-order valence-corrected chi connectivity index (χ4v) is 2.58. The molecule has 1 heterocycles. The van der Waals surface area contributed by atoms with Crippen LogP contribution in [0.15, 0.2) is 72.5 Å². The number of carbonyl (C=O) groups is 1. The van der Waals surface area contributed by atoms with Crippen LogP contribution in [0.4, 0.5) is 0 Å². The van der Waals surface area contributed by atoms with E-state index < -0.39 is 0 Å². The van der Waals surface area contributed by atoms with Crippen molar-refractivity contribution < 1.29 is 19.0 Å². The van der Waals surface area contributed by atoms with E-state index in [4.69, 9.17) is 14.2 Å². The van der Waals surface area contributed by atoms with Crippen molar-refractivity contribution in [2.75, 3.05) is 20.3 Å². The summed E-state index contributed by atoms with van der Waals surface area (Å²) < 4.78 is 16.4. The molecule has 0 saturated carbocycles. The highest BCUT2D eigenvalue weighted by Gasteiger charge is 2.07. The number of hydrazone groups is 1. The second-order valence-corrected chi connectivity index (χ2v) is 5.92. The molecule has 148 valence electrons. The highest BCUT2D eigenvalue weighted by molar-refractivity contribution is 5.86. The highest BCUT2D eigenvalue weighted by Crippen LogP contribution is 2.27. The van der Waals surface area contributed by atoms with Crippen LogP contribution in [0.3, 0.4) is 0 Å². The summed E-state index contributed by atoms with van der Waals surface area (Å²) in [6, 6.07) is 14.7. The lowest BCUT2D eigenvalue weighted by molar-refractivity contribution is -0.123. The molecule has 0 spiro atoms. The lowest BCUT2D eigenvalue weighted by atomic mass is 10.2. The maximum atomic E-state index is 12.0. The first-order chi connectivity index (χ1) is 14.2. The minimum absolute atomic E-state index is 0.176. The van der Waals surface area contributed by atoms with Crippen molar-refractivity contribution in [1.82, 2.24) is 10.4 Å². The number of hydrogen-bond donors (Lipinski definition) is 1. The van der Waals surface area contributed by atoms with Crippen LogP contribution in [0.2, 0.25) is 0 Å². The van der Waals surface area contributed by atoms with E-state index in [1.165, 1.54) is 6.21 Å². The number of nitrogens with zero attached hydrogens (tertiary/aromatic N) is 2. The Morgan fingerprint density at radius 1 is 1.14 bits per heavy atom. The largest absolute Gasteiger partial charge is 0.493 e. The molecular weight excluding hydrogens is 370 g/mol. The van der Waals surface area contributed by atoms with Gasteiger partial charge in [-0.3, -0.25) is 9.78 Å². The zero-order valence-corrected chi connectivity index (χ0v) is 16.0. The van der Waals surface area contributed by atoms with Gasteiger partial charge in [0.1, 0.15) is 17.9 Å². The van der Waals surface area contributed by atoms with Crippen molar-refractivity contribution in [3.05, 3.63) is 72.9 Å². The maximum absolute atomic E-state index is 12.0. The van der Waals surface area contributed by atoms with Crippen LogP contribution in [-0.2, 0) is 4.79 Å². The number of amides is 1. The number of rotatable bonds is 9. The SMILES string of the molecule is C=CCOc1ccc(/C=N/NC(=O)COc2cccc3cccnc23)cc1OC. The summed E-state index contributed by atoms with van der Waals surface area (Å²) in [4.78, 5) is 16.3. The van der Waals surface area contributed by atoms with Crippen molar-refractivity contribution >= 4 is 23.0 Å². The van der Waals surface area contributed by atoms with Crippen molar-refractivity contribution in [3.8, 4) is 17.2 Å². The summed E-state index contributed by atoms with van der Waals surface area (Å²) in [6.45, 7) is 3.82. The Bertz CT molecular complexity index is 1030. The molecule has 0 saturated heterocycles. The van der Waals surface area contributed by atoms with Crippen LogP contribution in [-0.4, -0.2) is 37.4 Å². The summed E-state index contributed by atoms with van der Waals surface area (Å²) in [5.74, 6) is 1.33. The molecular formula is C22H21N3O4. The van der Waals surface area contributed by atoms with Gasteiger partial charge >= 0.3 is 0 Å². The number of nitrogens with one attached hydrogen (secondary N) is 1. The minimum atomic E-state index is -0.382. The topological polar surface area (TPSA) is 82.0 Å². The van der Waals surface area contributed by atoms with E-state index in [1.807, 2.05) is 24.3 Å². The molecule has 1 aromatic heterocycles. The lowest BCUT2D eigenvalue weighted by Gasteiger charge is -2.09. The number of methoxy groups -OCH3 is 1. The van der Waals surface area contributed by atoms with E-state index in [2.05, 4.69) is 22.1 Å². The third-order valence-electron chi connectivity index (χ3n) is 3.90. The Kier molecular flexibility index (Phi) is 6.78. The molecule has 3 aromatic rings. The summed E-state index contributed by atoms with van der Waals surface area (Å²) in [7, 11) is 1.55. The van der Waals surface area contributed by atoms with Crippen LogP contribution in [0.5, 0.6) is 17.2 Å². The maximum Gasteiger partial charge on any atom is 0.277 e. The van der Waals surface area contributed by atoms with Crippen molar-refractivity contribution in [2.45, 2.75) is 0 Å². The molecule has 1 N–H and O–H groups in total. The van der Waals surface area contributed by atoms with E-state index in [0.717, 1.165) is 10.9 Å². The smallest absolute Gasteiger partial charge is 0.277 e. The monoisotopic (exact) mass is 391 g/mol. The molecule has 0 radical (unpaired) electrons. The quantitative estimate of drug-likeness (QED) is 0.344. The Hall–Kier alpha value is -3.87. The van der Waals surface area contributed by atoms with Gasteiger partial charge in [-0.2, -0.15) is 5.10 Å². The first-order valence-electron chi connectivity index (χ1n) is 8.91. The summed E-state index contributed by atoms with van der Waals surface area (Å²) >= 11 is 0. The zero-order chi connectivity index (χ0) is 20.5. The van der Waals surface area contributed by atoms with Crippen LogP contribution in [0.1, 0.15) is 5.56 Å². The Morgan fingerprint density at radius 3 is 2.83 bits per heavy atom. The molecule has 0 unspecified atom stereocenters. The summed E-state index contributed by atoms with van der Waals surface area (Å²) in [5.41, 5.74) is 3.88. The van der Waals surface area contributed by atoms with Gasteiger partial charge in [0.2, 0.25) is 0 Å². The molecule has 1 amide bonds. The summed E-state index contributed by atoms with van der Waals surface area (Å²) in [6.07, 6.45) is 4.85. The number of pyridine rings is 1. The molecule has 0 fully saturated rings. The van der Waals surface area contributed by atoms with Crippen molar-refractivity contribution in [3.63, 3.8) is 0 Å². The van der Waals surface area contributed by atoms with Gasteiger partial charge in [-0.1, -0.05) is 30.9 Å². The molecule has 7 nitrogen and oxygen atoms in total. The number of benzene rings is 2. The zero-order valence-electron chi connectivity index (χ0n) is 16.0. The number of aromatic nitrogens is 1. The molecule has 0 aliphatic rings. The molecule has 0 bridgehead atoms. The van der Waals surface area contributed by atoms with Gasteiger partial charge < -0.3 is 14.2 Å². The molecule has 29 heavy (non-hydrogen) atoms. The summed E-state index contributed by atoms with van der Waals surface area (Å²) in [5, 5.41) is 4.89. The van der Waals surface area contributed by atoms with Crippen LogP contribution in [0, 0.1) is 0 Å². The third-order valence-corrected chi connectivity index (χ3v) is 3.90. The van der Waals surface area contributed by atoms with Gasteiger partial charge in [-0.15, -0.1) is 0 Å². The first-order valence-corrected chi connectivity index (χ1v) is 8.91. The van der Waals surface area contributed by atoms with Crippen molar-refractivity contribution in [2.24, 2.45) is 5.10 Å². The Morgan fingerprint density at radius 2 is 2.00 bits per heavy atom. The van der Waals surface area contributed by atoms with E-state index in [0.29, 0.717) is 29.4 Å². The number of fused-ring (bicyclic) bond motifs is 1. The average molecular weight is 391 g/mol. The first kappa shape index (κ1) is 19.9. The second-order valence-electron chi connectivity index (χ2n) is 5.92. The van der Waals surface area contributed by atoms with Gasteiger partial charge in [0.25, 0.3) is 5.91 Å². The highest BCUT2D eigenvalue weighted by atomic mass is 16.5. The Labute approximate surface area is 168 Å². The van der Waals surface area contributed by atoms with E-state index in [9.17, 15) is 4.79 Å². The fraction of sp³-hybridized carbons (Fsp3) is 0.136. The predicted octanol–water partition coefficient (Wildman–Crippen LogP) is 3.34. The lowest BCUT2D eigenvalue weighted by Crippen LogP contribution is -2.24. The molecule has 0 atom stereocenters. The number of carbonyl (C=O) groups excluding carboxylic acids is 1. The van der Waals surface area contributed by atoms with Gasteiger partial charge in [0, 0.05) is 11.6 Å². The van der Waals surface area contributed by atoms with Crippen LogP contribution < -0.4 is 19.6 Å². The molecule has 0 aliphatic heterocycles. The van der Waals surface area contributed by atoms with Gasteiger partial charge in [-0.05, 0) is 35.9 Å². The Balaban J connectivity index is 1.56. The minimum Gasteiger partial charge on any atom is -0.493 e. The standard InChI is InChI=1S/C22H21N3O4/c1-3-12-28-18-10-9-16(13-20(18)27-2)14-24-25-21(26)15-29-19-8-4-6-17-7-5-11-23-22(17)19/h3-11,13-14H,1,12,15H2,2H3,(H,25,26)/b24-14+. The fourth-order valence-electron chi connectivity index (χ4n) is 2.58. The second kappa shape index (κ2) is 9.89. The molecule has 0 aliphatic carbocycles.